The summed E-state index contributed by atoms with van der Waals surface area (Å²) in [5, 5.41) is 11.6. The molecule has 0 saturated carbocycles. The second-order valence-electron chi connectivity index (χ2n) is 9.38. The van der Waals surface area contributed by atoms with Crippen molar-refractivity contribution in [1.82, 2.24) is 4.98 Å². The van der Waals surface area contributed by atoms with Crippen molar-refractivity contribution in [3.05, 3.63) is 112 Å². The number of hydrogen-bond acceptors (Lipinski definition) is 9. The zero-order chi connectivity index (χ0) is 29.8. The Labute approximate surface area is 246 Å². The van der Waals surface area contributed by atoms with Crippen LogP contribution in [0, 0.1) is 6.92 Å². The lowest BCUT2D eigenvalue weighted by Gasteiger charge is -2.23. The van der Waals surface area contributed by atoms with Gasteiger partial charge >= 0.3 is 11.9 Å². The molecule has 1 aliphatic rings. The Morgan fingerprint density at radius 3 is 2.40 bits per heavy atom. The second kappa shape index (κ2) is 12.3. The maximum absolute atomic E-state index is 13.5. The smallest absolute Gasteiger partial charge is 0.350 e. The number of nitrogens with zero attached hydrogens (tertiary/aromatic N) is 2. The molecule has 214 valence electrons. The van der Waals surface area contributed by atoms with E-state index < -0.39 is 23.7 Å². The van der Waals surface area contributed by atoms with Crippen LogP contribution in [0.5, 0.6) is 11.5 Å². The molecule has 0 aliphatic carbocycles. The first-order valence-electron chi connectivity index (χ1n) is 13.2. The summed E-state index contributed by atoms with van der Waals surface area (Å²) in [6, 6.07) is 22.3. The molecule has 42 heavy (non-hydrogen) atoms. The van der Waals surface area contributed by atoms with Crippen molar-refractivity contribution in [3.8, 4) is 11.5 Å². The van der Waals surface area contributed by atoms with E-state index in [0.29, 0.717) is 41.5 Å². The van der Waals surface area contributed by atoms with Gasteiger partial charge in [-0.2, -0.15) is 0 Å². The summed E-state index contributed by atoms with van der Waals surface area (Å²) in [6.07, 6.45) is 0. The summed E-state index contributed by atoms with van der Waals surface area (Å²) in [7, 11) is 1.26. The van der Waals surface area contributed by atoms with Crippen LogP contribution in [0.3, 0.4) is 0 Å². The number of benzene rings is 3. The molecule has 5 rings (SSSR count). The number of aliphatic hydroxyl groups excluding tert-OH is 1. The first-order valence-corrected chi connectivity index (χ1v) is 14.0. The Kier molecular flexibility index (Phi) is 8.35. The van der Waals surface area contributed by atoms with Crippen molar-refractivity contribution >= 4 is 39.9 Å². The maximum Gasteiger partial charge on any atom is 0.350 e. The monoisotopic (exact) mass is 584 g/mol. The number of ether oxygens (including phenoxy) is 3. The highest BCUT2D eigenvalue weighted by Gasteiger charge is 2.48. The molecule has 9 nitrogen and oxygen atoms in total. The predicted molar refractivity (Wildman–Crippen MR) is 158 cm³/mol. The van der Waals surface area contributed by atoms with Gasteiger partial charge in [0.15, 0.2) is 5.13 Å². The number of thiazole rings is 1. The number of rotatable bonds is 9. The van der Waals surface area contributed by atoms with E-state index in [1.807, 2.05) is 37.3 Å². The van der Waals surface area contributed by atoms with Crippen LogP contribution in [0.2, 0.25) is 0 Å². The normalized spacial score (nSPS) is 16.0. The molecule has 10 heteroatoms. The molecule has 1 saturated heterocycles. The van der Waals surface area contributed by atoms with Crippen molar-refractivity contribution in [2.75, 3.05) is 18.6 Å². The third-order valence-electron chi connectivity index (χ3n) is 6.67. The van der Waals surface area contributed by atoms with Gasteiger partial charge in [0.25, 0.3) is 5.78 Å². The maximum atomic E-state index is 13.5. The lowest BCUT2D eigenvalue weighted by Crippen LogP contribution is -2.29. The number of esters is 1. The number of Topliss-reactive ketones (excluding diaryl/α,β-unsaturated/α-hetero) is 1. The summed E-state index contributed by atoms with van der Waals surface area (Å²) in [5.74, 6) is -1.62. The number of aliphatic hydroxyl groups is 1. The third-order valence-corrected chi connectivity index (χ3v) is 7.81. The van der Waals surface area contributed by atoms with E-state index in [2.05, 4.69) is 4.98 Å². The van der Waals surface area contributed by atoms with Gasteiger partial charge in [0.2, 0.25) is 0 Å². The van der Waals surface area contributed by atoms with Gasteiger partial charge in [-0.25, -0.2) is 9.78 Å². The minimum atomic E-state index is -1.03. The number of anilines is 1. The highest BCUT2D eigenvalue weighted by atomic mass is 32.1. The fourth-order valence-corrected chi connectivity index (χ4v) is 5.67. The number of aryl methyl sites for hydroxylation is 1. The molecular formula is C32H28N2O7S. The number of methoxy groups -OCH3 is 1. The van der Waals surface area contributed by atoms with Gasteiger partial charge in [-0.1, -0.05) is 65.9 Å². The van der Waals surface area contributed by atoms with Crippen LogP contribution in [0.1, 0.15) is 45.0 Å². The minimum absolute atomic E-state index is 0.112. The number of hydrogen-bond donors (Lipinski definition) is 1. The van der Waals surface area contributed by atoms with Gasteiger partial charge in [-0.05, 0) is 49.2 Å². The molecule has 1 fully saturated rings. The molecule has 0 spiro atoms. The molecule has 1 amide bonds. The average molecular weight is 585 g/mol. The van der Waals surface area contributed by atoms with Crippen molar-refractivity contribution in [1.29, 1.82) is 0 Å². The van der Waals surface area contributed by atoms with Crippen molar-refractivity contribution in [2.24, 2.45) is 0 Å². The topological polar surface area (TPSA) is 115 Å². The first kappa shape index (κ1) is 28.6. The zero-order valence-corrected chi connectivity index (χ0v) is 24.0. The zero-order valence-electron chi connectivity index (χ0n) is 23.2. The van der Waals surface area contributed by atoms with Crippen molar-refractivity contribution < 1.29 is 33.7 Å². The highest BCUT2D eigenvalue weighted by Crippen LogP contribution is 2.44. The van der Waals surface area contributed by atoms with E-state index in [9.17, 15) is 19.5 Å². The molecule has 1 atom stereocenters. The fraction of sp³-hybridized carbons (Fsp3) is 0.188. The summed E-state index contributed by atoms with van der Waals surface area (Å²) >= 11 is 0.939. The summed E-state index contributed by atoms with van der Waals surface area (Å²) < 4.78 is 16.3. The summed E-state index contributed by atoms with van der Waals surface area (Å²) in [4.78, 5) is 45.2. The molecule has 1 aromatic heterocycles. The van der Waals surface area contributed by atoms with Crippen LogP contribution in [0.15, 0.2) is 84.4 Å². The largest absolute Gasteiger partial charge is 0.507 e. The molecular weight excluding hydrogens is 556 g/mol. The lowest BCUT2D eigenvalue weighted by molar-refractivity contribution is -0.132. The molecule has 1 aliphatic heterocycles. The minimum Gasteiger partial charge on any atom is -0.507 e. The Bertz CT molecular complexity index is 1660. The Balaban J connectivity index is 1.58. The quantitative estimate of drug-likeness (QED) is 0.113. The fourth-order valence-electron chi connectivity index (χ4n) is 4.66. The number of ketones is 1. The van der Waals surface area contributed by atoms with Crippen LogP contribution in [-0.2, 0) is 20.9 Å². The molecule has 0 bridgehead atoms. The Hall–Kier alpha value is -4.96. The average Bonchev–Trinajstić information content (AvgIpc) is 3.52. The van der Waals surface area contributed by atoms with Crippen molar-refractivity contribution in [3.63, 3.8) is 0 Å². The molecule has 3 aromatic carbocycles. The molecule has 2 heterocycles. The van der Waals surface area contributed by atoms with Gasteiger partial charge < -0.3 is 19.3 Å². The van der Waals surface area contributed by atoms with Gasteiger partial charge in [0, 0.05) is 5.56 Å². The molecule has 1 N–H and O–H groups in total. The van der Waals surface area contributed by atoms with E-state index in [4.69, 9.17) is 14.2 Å². The van der Waals surface area contributed by atoms with Crippen LogP contribution in [-0.4, -0.2) is 41.5 Å². The summed E-state index contributed by atoms with van der Waals surface area (Å²) in [6.45, 7) is 4.24. The predicted octanol–water partition coefficient (Wildman–Crippen LogP) is 5.84. The van der Waals surface area contributed by atoms with Gasteiger partial charge in [0.05, 0.1) is 31.0 Å². The SMILES string of the molecule is CCOc1cccc(/C(O)=C2\C(=O)C(=O)N(c3nc(C)c(C(=O)OC)s3)C2c2ccc(OCc3ccccc3)cc2)c1. The van der Waals surface area contributed by atoms with E-state index in [-0.39, 0.29) is 21.3 Å². The van der Waals surface area contributed by atoms with Crippen LogP contribution in [0.25, 0.3) is 5.76 Å². The number of aromatic nitrogens is 1. The highest BCUT2D eigenvalue weighted by molar-refractivity contribution is 7.17. The summed E-state index contributed by atoms with van der Waals surface area (Å²) in [5.41, 5.74) is 2.11. The van der Waals surface area contributed by atoms with Gasteiger partial charge in [0.1, 0.15) is 28.7 Å². The third kappa shape index (κ3) is 5.61. The van der Waals surface area contributed by atoms with Gasteiger partial charge in [-0.15, -0.1) is 0 Å². The number of amides is 1. The lowest BCUT2D eigenvalue weighted by atomic mass is 9.95. The molecule has 0 radical (unpaired) electrons. The van der Waals surface area contributed by atoms with E-state index >= 15 is 0 Å². The van der Waals surface area contributed by atoms with Gasteiger partial charge in [-0.3, -0.25) is 14.5 Å². The van der Waals surface area contributed by atoms with E-state index in [1.54, 1.807) is 55.5 Å². The van der Waals surface area contributed by atoms with E-state index in [1.165, 1.54) is 12.0 Å². The standard InChI is InChI=1S/C32H28N2O7S/c1-4-40-24-12-8-11-22(17-24)27(35)25-26(21-13-15-23(16-14-21)41-18-20-9-6-5-7-10-20)34(30(37)28(25)36)32-33-19(2)29(42-32)31(38)39-3/h5-17,26,35H,4,18H2,1-3H3/b27-25+. The Morgan fingerprint density at radius 2 is 1.71 bits per heavy atom. The Morgan fingerprint density at radius 1 is 0.976 bits per heavy atom. The van der Waals surface area contributed by atoms with Crippen LogP contribution in [0.4, 0.5) is 5.13 Å². The first-order chi connectivity index (χ1) is 20.3. The number of carbonyl (C=O) groups is 3. The van der Waals surface area contributed by atoms with Crippen LogP contribution < -0.4 is 14.4 Å². The molecule has 4 aromatic rings. The van der Waals surface area contributed by atoms with Crippen molar-refractivity contribution in [2.45, 2.75) is 26.5 Å². The van der Waals surface area contributed by atoms with E-state index in [0.717, 1.165) is 16.9 Å². The number of carbonyl (C=O) groups excluding carboxylic acids is 3. The second-order valence-corrected chi connectivity index (χ2v) is 10.4. The molecule has 1 unspecified atom stereocenters. The van der Waals surface area contributed by atoms with Crippen LogP contribution >= 0.6 is 11.3 Å².